The fraction of sp³-hybridized carbons (Fsp3) is 0.316. The van der Waals surface area contributed by atoms with Crippen molar-refractivity contribution in [1.29, 1.82) is 0 Å². The van der Waals surface area contributed by atoms with Gasteiger partial charge in [0.05, 0.1) is 6.04 Å². The molecule has 25 heavy (non-hydrogen) atoms. The highest BCUT2D eigenvalue weighted by Gasteiger charge is 2.33. The minimum absolute atomic E-state index is 0.00668. The largest absolute Gasteiger partial charge is 0.345 e. The Morgan fingerprint density at radius 2 is 1.88 bits per heavy atom. The van der Waals surface area contributed by atoms with Crippen LogP contribution in [0.25, 0.3) is 0 Å². The zero-order valence-electron chi connectivity index (χ0n) is 14.4. The van der Waals surface area contributed by atoms with Crippen molar-refractivity contribution in [3.63, 3.8) is 0 Å². The van der Waals surface area contributed by atoms with Crippen molar-refractivity contribution in [3.8, 4) is 0 Å². The van der Waals surface area contributed by atoms with Crippen LogP contribution < -0.4 is 10.6 Å². The van der Waals surface area contributed by atoms with Gasteiger partial charge in [-0.05, 0) is 36.5 Å². The summed E-state index contributed by atoms with van der Waals surface area (Å²) in [6.45, 7) is 0. The van der Waals surface area contributed by atoms with E-state index in [4.69, 9.17) is 0 Å². The highest BCUT2D eigenvalue weighted by Crippen LogP contribution is 2.40. The molecule has 130 valence electrons. The number of pyridine rings is 1. The van der Waals surface area contributed by atoms with Gasteiger partial charge >= 0.3 is 6.03 Å². The molecule has 6 heteroatoms. The van der Waals surface area contributed by atoms with Gasteiger partial charge in [-0.1, -0.05) is 30.3 Å². The maximum atomic E-state index is 12.4. The first-order valence-electron chi connectivity index (χ1n) is 8.35. The van der Waals surface area contributed by atoms with Gasteiger partial charge in [0.25, 0.3) is 5.91 Å². The number of carbonyl (C=O) groups is 2. The lowest BCUT2D eigenvalue weighted by molar-refractivity contribution is 0.0827. The van der Waals surface area contributed by atoms with Crippen LogP contribution in [-0.2, 0) is 0 Å². The average molecular weight is 338 g/mol. The van der Waals surface area contributed by atoms with E-state index in [9.17, 15) is 9.59 Å². The molecule has 1 heterocycles. The van der Waals surface area contributed by atoms with E-state index in [1.807, 2.05) is 30.3 Å². The average Bonchev–Trinajstić information content (AvgIpc) is 3.45. The molecule has 0 radical (unpaired) electrons. The van der Waals surface area contributed by atoms with Gasteiger partial charge in [-0.3, -0.25) is 10.1 Å². The monoisotopic (exact) mass is 338 g/mol. The number of urea groups is 1. The van der Waals surface area contributed by atoms with Gasteiger partial charge in [0.1, 0.15) is 5.82 Å². The molecule has 3 rings (SSSR count). The fourth-order valence-electron chi connectivity index (χ4n) is 2.75. The highest BCUT2D eigenvalue weighted by atomic mass is 16.2. The van der Waals surface area contributed by atoms with Crippen molar-refractivity contribution in [3.05, 3.63) is 59.8 Å². The van der Waals surface area contributed by atoms with Crippen LogP contribution in [0.5, 0.6) is 0 Å². The van der Waals surface area contributed by atoms with Gasteiger partial charge in [-0.2, -0.15) is 0 Å². The molecule has 2 aromatic rings. The summed E-state index contributed by atoms with van der Waals surface area (Å²) < 4.78 is 0. The first kappa shape index (κ1) is 17.0. The first-order chi connectivity index (χ1) is 12.0. The molecule has 0 saturated heterocycles. The van der Waals surface area contributed by atoms with Gasteiger partial charge in [-0.15, -0.1) is 0 Å². The number of benzene rings is 1. The molecule has 1 fully saturated rings. The van der Waals surface area contributed by atoms with Gasteiger partial charge in [-0.25, -0.2) is 9.78 Å². The van der Waals surface area contributed by atoms with Crippen LogP contribution in [0, 0.1) is 5.92 Å². The molecule has 1 unspecified atom stereocenters. The molecule has 0 aliphatic heterocycles. The second kappa shape index (κ2) is 7.34. The van der Waals surface area contributed by atoms with E-state index in [0.717, 1.165) is 18.4 Å². The minimum atomic E-state index is -0.317. The second-order valence-electron chi connectivity index (χ2n) is 6.45. The SMILES string of the molecule is CN(C)C(=O)c1ccnc(NC(=O)NC(c2ccccc2)C2CC2)c1. The Hall–Kier alpha value is -2.89. The number of aromatic nitrogens is 1. The third-order valence-corrected chi connectivity index (χ3v) is 4.19. The van der Waals surface area contributed by atoms with E-state index in [0.29, 0.717) is 17.3 Å². The number of amides is 3. The van der Waals surface area contributed by atoms with Crippen molar-refractivity contribution in [2.75, 3.05) is 19.4 Å². The summed E-state index contributed by atoms with van der Waals surface area (Å²) in [5.41, 5.74) is 1.58. The van der Waals surface area contributed by atoms with E-state index in [2.05, 4.69) is 15.6 Å². The van der Waals surface area contributed by atoms with Gasteiger partial charge in [0.2, 0.25) is 0 Å². The van der Waals surface area contributed by atoms with Crippen molar-refractivity contribution in [2.45, 2.75) is 18.9 Å². The summed E-state index contributed by atoms with van der Waals surface area (Å²) in [4.78, 5) is 30.0. The van der Waals surface area contributed by atoms with Gasteiger partial charge in [0, 0.05) is 25.9 Å². The lowest BCUT2D eigenvalue weighted by atomic mass is 10.0. The Bertz CT molecular complexity index is 757. The quantitative estimate of drug-likeness (QED) is 0.880. The zero-order valence-corrected chi connectivity index (χ0v) is 14.4. The summed E-state index contributed by atoms with van der Waals surface area (Å²) in [5.74, 6) is 0.696. The van der Waals surface area contributed by atoms with Crippen LogP contribution >= 0.6 is 0 Å². The Kier molecular flexibility index (Phi) is 4.97. The van der Waals surface area contributed by atoms with E-state index in [-0.39, 0.29) is 18.0 Å². The molecule has 1 saturated carbocycles. The molecule has 1 aromatic carbocycles. The van der Waals surface area contributed by atoms with Crippen LogP contribution in [0.1, 0.15) is 34.8 Å². The maximum absolute atomic E-state index is 12.4. The summed E-state index contributed by atoms with van der Waals surface area (Å²) in [5, 5.41) is 5.76. The minimum Gasteiger partial charge on any atom is -0.345 e. The van der Waals surface area contributed by atoms with Crippen LogP contribution in [0.3, 0.4) is 0 Å². The van der Waals surface area contributed by atoms with E-state index in [1.54, 1.807) is 26.2 Å². The van der Waals surface area contributed by atoms with Crippen LogP contribution in [0.4, 0.5) is 10.6 Å². The second-order valence-corrected chi connectivity index (χ2v) is 6.45. The highest BCUT2D eigenvalue weighted by molar-refractivity contribution is 5.96. The Labute approximate surface area is 147 Å². The van der Waals surface area contributed by atoms with Gasteiger partial charge < -0.3 is 10.2 Å². The third kappa shape index (κ3) is 4.35. The first-order valence-corrected chi connectivity index (χ1v) is 8.35. The third-order valence-electron chi connectivity index (χ3n) is 4.19. The smallest absolute Gasteiger partial charge is 0.320 e. The number of anilines is 1. The summed E-state index contributed by atoms with van der Waals surface area (Å²) in [6.07, 6.45) is 3.75. The molecule has 1 atom stereocenters. The maximum Gasteiger partial charge on any atom is 0.320 e. The standard InChI is InChI=1S/C19H22N4O2/c1-23(2)18(24)15-10-11-20-16(12-15)21-19(25)22-17(14-8-9-14)13-6-4-3-5-7-13/h3-7,10-12,14,17H,8-9H2,1-2H3,(H2,20,21,22,25). The number of hydrogen-bond acceptors (Lipinski definition) is 3. The Balaban J connectivity index is 1.68. The molecule has 1 aliphatic rings. The molecule has 0 spiro atoms. The zero-order chi connectivity index (χ0) is 17.8. The molecule has 0 bridgehead atoms. The van der Waals surface area contributed by atoms with E-state index in [1.165, 1.54) is 11.1 Å². The van der Waals surface area contributed by atoms with Crippen molar-refractivity contribution < 1.29 is 9.59 Å². The topological polar surface area (TPSA) is 74.3 Å². The molecule has 2 N–H and O–H groups in total. The van der Waals surface area contributed by atoms with Crippen LogP contribution in [-0.4, -0.2) is 35.9 Å². The van der Waals surface area contributed by atoms with E-state index < -0.39 is 0 Å². The van der Waals surface area contributed by atoms with E-state index >= 15 is 0 Å². The fourth-order valence-corrected chi connectivity index (χ4v) is 2.75. The molecular weight excluding hydrogens is 316 g/mol. The lowest BCUT2D eigenvalue weighted by Crippen LogP contribution is -2.34. The Morgan fingerprint density at radius 1 is 1.16 bits per heavy atom. The molecule has 1 aromatic heterocycles. The van der Waals surface area contributed by atoms with Crippen molar-refractivity contribution >= 4 is 17.8 Å². The van der Waals surface area contributed by atoms with Crippen LogP contribution in [0.2, 0.25) is 0 Å². The molecule has 3 amide bonds. The summed E-state index contributed by atoms with van der Waals surface area (Å²) in [7, 11) is 3.37. The molecular formula is C19H22N4O2. The predicted octanol–water partition coefficient (Wildman–Crippen LogP) is 3.06. The Morgan fingerprint density at radius 3 is 2.52 bits per heavy atom. The van der Waals surface area contributed by atoms with Crippen molar-refractivity contribution in [1.82, 2.24) is 15.2 Å². The normalized spacial score (nSPS) is 14.5. The lowest BCUT2D eigenvalue weighted by Gasteiger charge is -2.19. The predicted molar refractivity (Wildman–Crippen MR) is 96.3 cm³/mol. The number of hydrogen-bond donors (Lipinski definition) is 2. The number of carbonyl (C=O) groups excluding carboxylic acids is 2. The number of nitrogens with one attached hydrogen (secondary N) is 2. The summed E-state index contributed by atoms with van der Waals surface area (Å²) in [6, 6.07) is 12.8. The molecule has 6 nitrogen and oxygen atoms in total. The van der Waals surface area contributed by atoms with Crippen molar-refractivity contribution in [2.24, 2.45) is 5.92 Å². The number of nitrogens with zero attached hydrogens (tertiary/aromatic N) is 2. The van der Waals surface area contributed by atoms with Crippen LogP contribution in [0.15, 0.2) is 48.7 Å². The molecule has 1 aliphatic carbocycles. The van der Waals surface area contributed by atoms with Gasteiger partial charge in [0.15, 0.2) is 0 Å². The number of rotatable bonds is 5. The summed E-state index contributed by atoms with van der Waals surface area (Å²) >= 11 is 0.